The van der Waals surface area contributed by atoms with Crippen LogP contribution in [0.3, 0.4) is 0 Å². The van der Waals surface area contributed by atoms with Gasteiger partial charge in [-0.15, -0.1) is 0 Å². The van der Waals surface area contributed by atoms with Gasteiger partial charge in [-0.1, -0.05) is 81.6 Å². The first-order valence-corrected chi connectivity index (χ1v) is 21.8. The largest absolute Gasteiger partial charge is 0.381 e. The van der Waals surface area contributed by atoms with Crippen molar-refractivity contribution in [3.05, 3.63) is 0 Å². The standard InChI is InChI=1S/C39H63N5O8S.2CH4/c1-36(2,3)31(42-35(49)43-39(16-8-7-9-17-39)23-53(50,51)38(6)18-20-52-21-19-38)34(48)44-22-26-28(37(26,4)5)29(44)32(46)41-27(15-12-24-10-11-24)30(45)33(47)40-25-13-14-25;;/h24-29,31H,7-23H2,1-6H3,(H,40,47)(H,41,46)(H2,42,43,49);2*1H4/t26-,27-,28-,29-,31+;;/m0../s1. The first-order valence-electron chi connectivity index (χ1n) is 20.1. The normalized spacial score (nSPS) is 27.5. The minimum absolute atomic E-state index is 0. The Labute approximate surface area is 330 Å². The molecule has 0 unspecified atom stereocenters. The molecule has 5 atom stereocenters. The van der Waals surface area contributed by atoms with Crippen molar-refractivity contribution in [3.63, 3.8) is 0 Å². The number of nitrogens with one attached hydrogen (secondary N) is 4. The summed E-state index contributed by atoms with van der Waals surface area (Å²) in [6.45, 7) is 12.6. The van der Waals surface area contributed by atoms with Gasteiger partial charge in [0.2, 0.25) is 17.6 Å². The number of hydrogen-bond acceptors (Lipinski definition) is 8. The van der Waals surface area contributed by atoms with Crippen LogP contribution in [0.4, 0.5) is 4.79 Å². The SMILES string of the molecule is C.C.CC(C)(C)[C@H](NC(=O)NC1(CS(=O)(=O)C2(C)CCOCC2)CCCCC1)C(=O)N1C[C@H]2[C@@H]([C@H]1C(=O)N[C@@H](CCC1CC1)C(=O)C(=O)NC1CC1)C2(C)C. The molecule has 13 nitrogen and oxygen atoms in total. The first kappa shape index (κ1) is 45.0. The molecule has 2 heterocycles. The van der Waals surface area contributed by atoms with E-state index < -0.39 is 73.2 Å². The Bertz CT molecular complexity index is 1550. The highest BCUT2D eigenvalue weighted by atomic mass is 32.2. The van der Waals surface area contributed by atoms with E-state index in [9.17, 15) is 32.4 Å². The summed E-state index contributed by atoms with van der Waals surface area (Å²) in [5, 5.41) is 11.7. The molecule has 6 rings (SSSR count). The predicted molar refractivity (Wildman–Crippen MR) is 213 cm³/mol. The van der Waals surface area contributed by atoms with Gasteiger partial charge in [-0.3, -0.25) is 19.2 Å². The van der Waals surface area contributed by atoms with Gasteiger partial charge in [0.05, 0.1) is 22.1 Å². The highest BCUT2D eigenvalue weighted by Gasteiger charge is 2.70. The van der Waals surface area contributed by atoms with E-state index in [1.807, 2.05) is 20.8 Å². The molecule has 2 aliphatic heterocycles. The molecule has 2 saturated heterocycles. The van der Waals surface area contributed by atoms with Crippen LogP contribution >= 0.6 is 0 Å². The van der Waals surface area contributed by atoms with Crippen LogP contribution < -0.4 is 21.3 Å². The fourth-order valence-electron chi connectivity index (χ4n) is 9.20. The molecule has 4 aliphatic carbocycles. The van der Waals surface area contributed by atoms with Crippen LogP contribution in [-0.4, -0.2) is 103 Å². The Kier molecular flexibility index (Phi) is 13.6. The summed E-state index contributed by atoms with van der Waals surface area (Å²) >= 11 is 0. The van der Waals surface area contributed by atoms with Crippen molar-refractivity contribution in [2.45, 2.75) is 174 Å². The maximum Gasteiger partial charge on any atom is 0.315 e. The number of hydrogen-bond donors (Lipinski definition) is 4. The van der Waals surface area contributed by atoms with Crippen molar-refractivity contribution >= 4 is 39.4 Å². The molecule has 0 spiro atoms. The maximum atomic E-state index is 14.6. The number of carbonyl (C=O) groups excluding carboxylic acids is 5. The van der Waals surface area contributed by atoms with Gasteiger partial charge in [-0.25, -0.2) is 13.2 Å². The number of fused-ring (bicyclic) bond motifs is 1. The second-order valence-electron chi connectivity index (χ2n) is 19.1. The monoisotopic (exact) mass is 794 g/mol. The summed E-state index contributed by atoms with van der Waals surface area (Å²) in [5.74, 6) is -1.93. The number of nitrogens with zero attached hydrogens (tertiary/aromatic N) is 1. The third kappa shape index (κ3) is 9.87. The molecule has 5 amide bonds. The summed E-state index contributed by atoms with van der Waals surface area (Å²) in [6, 6.07) is -3.47. The zero-order valence-corrected chi connectivity index (χ0v) is 33.5. The van der Waals surface area contributed by atoms with Crippen molar-refractivity contribution in [3.8, 4) is 0 Å². The van der Waals surface area contributed by atoms with Crippen LogP contribution in [-0.2, 0) is 33.8 Å². The Hall–Kier alpha value is -2.74. The van der Waals surface area contributed by atoms with E-state index in [1.165, 1.54) is 0 Å². The summed E-state index contributed by atoms with van der Waals surface area (Å²) in [4.78, 5) is 70.6. The minimum Gasteiger partial charge on any atom is -0.381 e. The van der Waals surface area contributed by atoms with Crippen LogP contribution in [0.15, 0.2) is 0 Å². The fourth-order valence-corrected chi connectivity index (χ4v) is 11.4. The highest BCUT2D eigenvalue weighted by Crippen LogP contribution is 2.65. The Balaban J connectivity index is 0.00000336. The molecule has 0 radical (unpaired) electrons. The lowest BCUT2D eigenvalue weighted by molar-refractivity contribution is -0.145. The molecular weight excluding hydrogens is 723 g/mol. The second kappa shape index (κ2) is 16.6. The molecule has 0 aromatic heterocycles. The number of Topliss-reactive ketones (excluding diaryl/α,β-unsaturated/α-hetero) is 1. The molecule has 6 aliphatic rings. The van der Waals surface area contributed by atoms with Crippen molar-refractivity contribution in [1.29, 1.82) is 0 Å². The third-order valence-corrected chi connectivity index (χ3v) is 16.3. The van der Waals surface area contributed by atoms with Gasteiger partial charge >= 0.3 is 6.03 Å². The predicted octanol–water partition coefficient (Wildman–Crippen LogP) is 4.67. The minimum atomic E-state index is -3.62. The Morgan fingerprint density at radius 3 is 2.05 bits per heavy atom. The van der Waals surface area contributed by atoms with Crippen LogP contribution in [0.2, 0.25) is 0 Å². The molecule has 4 N–H and O–H groups in total. The third-order valence-electron chi connectivity index (χ3n) is 13.4. The Morgan fingerprint density at radius 1 is 0.873 bits per heavy atom. The van der Waals surface area contributed by atoms with Gasteiger partial charge in [-0.05, 0) is 86.9 Å². The van der Waals surface area contributed by atoms with Crippen molar-refractivity contribution < 1.29 is 37.1 Å². The lowest BCUT2D eigenvalue weighted by atomic mass is 9.83. The van der Waals surface area contributed by atoms with Crippen LogP contribution in [0.25, 0.3) is 0 Å². The molecular formula is C41H71N5O8S. The number of rotatable bonds is 14. The molecule has 55 heavy (non-hydrogen) atoms. The first-order chi connectivity index (χ1) is 24.8. The molecule has 314 valence electrons. The summed E-state index contributed by atoms with van der Waals surface area (Å²) < 4.78 is 32.4. The smallest absolute Gasteiger partial charge is 0.315 e. The van der Waals surface area contributed by atoms with E-state index in [0.717, 1.165) is 51.4 Å². The highest BCUT2D eigenvalue weighted by molar-refractivity contribution is 7.92. The van der Waals surface area contributed by atoms with Gasteiger partial charge in [0.25, 0.3) is 5.91 Å². The molecule has 0 bridgehead atoms. The zero-order valence-electron chi connectivity index (χ0n) is 32.7. The van der Waals surface area contributed by atoms with E-state index in [4.69, 9.17) is 4.74 Å². The van der Waals surface area contributed by atoms with E-state index in [2.05, 4.69) is 35.1 Å². The van der Waals surface area contributed by atoms with Gasteiger partial charge in [0.1, 0.15) is 12.1 Å². The average Bonchev–Trinajstić information content (AvgIpc) is 4.04. The summed E-state index contributed by atoms with van der Waals surface area (Å²) in [7, 11) is -3.62. The lowest BCUT2D eigenvalue weighted by Crippen LogP contribution is -2.64. The van der Waals surface area contributed by atoms with Crippen LogP contribution in [0.1, 0.15) is 140 Å². The molecule has 0 aromatic rings. The van der Waals surface area contributed by atoms with Crippen molar-refractivity contribution in [2.75, 3.05) is 25.5 Å². The molecule has 6 fully saturated rings. The van der Waals surface area contributed by atoms with E-state index in [-0.39, 0.29) is 43.9 Å². The Morgan fingerprint density at radius 2 is 1.49 bits per heavy atom. The van der Waals surface area contributed by atoms with Gasteiger partial charge in [-0.2, -0.15) is 0 Å². The molecule has 4 saturated carbocycles. The van der Waals surface area contributed by atoms with Crippen LogP contribution in [0, 0.1) is 28.6 Å². The van der Waals surface area contributed by atoms with Crippen molar-refractivity contribution in [2.24, 2.45) is 28.6 Å². The number of likely N-dealkylation sites (tertiary alicyclic amines) is 1. The topological polar surface area (TPSA) is 180 Å². The van der Waals surface area contributed by atoms with E-state index in [1.54, 1.807) is 11.8 Å². The number of sulfone groups is 1. The summed E-state index contributed by atoms with van der Waals surface area (Å²) in [6.07, 6.45) is 9.31. The summed E-state index contributed by atoms with van der Waals surface area (Å²) in [5.41, 5.74) is -1.93. The van der Waals surface area contributed by atoms with Crippen LogP contribution in [0.5, 0.6) is 0 Å². The number of urea groups is 1. The number of carbonyl (C=O) groups is 5. The quantitative estimate of drug-likeness (QED) is 0.183. The van der Waals surface area contributed by atoms with E-state index in [0.29, 0.717) is 57.8 Å². The molecule has 14 heteroatoms. The number of ketones is 1. The maximum absolute atomic E-state index is 14.6. The lowest BCUT2D eigenvalue weighted by Gasteiger charge is -2.42. The second-order valence-corrected chi connectivity index (χ2v) is 21.6. The van der Waals surface area contributed by atoms with Crippen molar-refractivity contribution in [1.82, 2.24) is 26.2 Å². The van der Waals surface area contributed by atoms with Gasteiger partial charge in [0.15, 0.2) is 9.84 Å². The zero-order chi connectivity index (χ0) is 38.6. The fraction of sp³-hybridized carbons (Fsp3) is 0.878. The molecule has 0 aromatic carbocycles. The van der Waals surface area contributed by atoms with Gasteiger partial charge < -0.3 is 30.9 Å². The number of amides is 5. The van der Waals surface area contributed by atoms with Gasteiger partial charge in [0, 0.05) is 25.8 Å². The number of ether oxygens (including phenoxy) is 1. The average molecular weight is 794 g/mol. The number of piperidine rings is 1. The van der Waals surface area contributed by atoms with E-state index >= 15 is 0 Å².